The van der Waals surface area contributed by atoms with Crippen LogP contribution in [0.5, 0.6) is 0 Å². The van der Waals surface area contributed by atoms with Gasteiger partial charge in [0.25, 0.3) is 5.91 Å². The molecule has 0 bridgehead atoms. The highest BCUT2D eigenvalue weighted by Crippen LogP contribution is 2.29. The van der Waals surface area contributed by atoms with Crippen LogP contribution in [0.4, 0.5) is 0 Å². The van der Waals surface area contributed by atoms with Gasteiger partial charge in [0, 0.05) is 32.0 Å². The largest absolute Gasteiger partial charge is 0.459 e. The summed E-state index contributed by atoms with van der Waals surface area (Å²) in [6.45, 7) is 2.92. The second kappa shape index (κ2) is 8.24. The predicted octanol–water partition coefficient (Wildman–Crippen LogP) is 2.46. The molecule has 2 unspecified atom stereocenters. The molecule has 2 saturated heterocycles. The summed E-state index contributed by atoms with van der Waals surface area (Å²) in [6.07, 6.45) is 3.66. The van der Waals surface area contributed by atoms with E-state index in [9.17, 15) is 9.59 Å². The number of likely N-dealkylation sites (tertiary alicyclic amines) is 1. The fourth-order valence-electron chi connectivity index (χ4n) is 4.79. The number of ether oxygens (including phenoxy) is 2. The van der Waals surface area contributed by atoms with E-state index in [4.69, 9.17) is 13.9 Å². The van der Waals surface area contributed by atoms with Crippen molar-refractivity contribution in [2.45, 2.75) is 38.1 Å². The maximum atomic E-state index is 13.6. The average molecular weight is 410 g/mol. The quantitative estimate of drug-likeness (QED) is 0.777. The highest BCUT2D eigenvalue weighted by molar-refractivity contribution is 5.96. The molecule has 3 aliphatic rings. The van der Waals surface area contributed by atoms with E-state index in [0.717, 1.165) is 24.0 Å². The predicted molar refractivity (Wildman–Crippen MR) is 108 cm³/mol. The molecule has 2 atom stereocenters. The maximum Gasteiger partial charge on any atom is 0.290 e. The van der Waals surface area contributed by atoms with E-state index in [1.807, 2.05) is 29.2 Å². The minimum absolute atomic E-state index is 0.00731. The fraction of sp³-hybridized carbons (Fsp3) is 0.478. The molecule has 4 heterocycles. The van der Waals surface area contributed by atoms with Crippen molar-refractivity contribution in [1.82, 2.24) is 9.80 Å². The minimum Gasteiger partial charge on any atom is -0.459 e. The van der Waals surface area contributed by atoms with Crippen molar-refractivity contribution in [3.8, 4) is 0 Å². The van der Waals surface area contributed by atoms with E-state index in [1.165, 1.54) is 6.26 Å². The first-order valence-corrected chi connectivity index (χ1v) is 10.6. The van der Waals surface area contributed by atoms with E-state index in [0.29, 0.717) is 39.3 Å². The van der Waals surface area contributed by atoms with Crippen LogP contribution in [0.15, 0.2) is 47.1 Å². The second-order valence-electron chi connectivity index (χ2n) is 8.20. The Morgan fingerprint density at radius 1 is 1.00 bits per heavy atom. The molecule has 5 rings (SSSR count). The molecule has 0 saturated carbocycles. The van der Waals surface area contributed by atoms with Crippen LogP contribution in [0.2, 0.25) is 0 Å². The molecular formula is C23H26N2O5. The monoisotopic (exact) mass is 410 g/mol. The molecule has 3 aliphatic heterocycles. The number of piperidine rings is 1. The van der Waals surface area contributed by atoms with E-state index >= 15 is 0 Å². The third-order valence-corrected chi connectivity index (χ3v) is 6.33. The molecule has 2 aromatic rings. The van der Waals surface area contributed by atoms with Gasteiger partial charge in [-0.05, 0) is 36.1 Å². The number of hydrogen-bond acceptors (Lipinski definition) is 5. The van der Waals surface area contributed by atoms with Gasteiger partial charge in [-0.2, -0.15) is 0 Å². The van der Waals surface area contributed by atoms with Crippen molar-refractivity contribution in [3.63, 3.8) is 0 Å². The van der Waals surface area contributed by atoms with E-state index < -0.39 is 6.04 Å². The Bertz CT molecular complexity index is 906. The van der Waals surface area contributed by atoms with Crippen molar-refractivity contribution < 1.29 is 23.5 Å². The van der Waals surface area contributed by atoms with Crippen LogP contribution in [0.1, 0.15) is 34.5 Å². The molecule has 7 nitrogen and oxygen atoms in total. The minimum atomic E-state index is -0.540. The summed E-state index contributed by atoms with van der Waals surface area (Å²) in [4.78, 5) is 30.3. The lowest BCUT2D eigenvalue weighted by Crippen LogP contribution is -2.56. The van der Waals surface area contributed by atoms with Gasteiger partial charge in [-0.1, -0.05) is 24.3 Å². The Hall–Kier alpha value is -2.64. The molecule has 7 heteroatoms. The fourth-order valence-corrected chi connectivity index (χ4v) is 4.79. The molecule has 2 fully saturated rings. The molecule has 2 amide bonds. The van der Waals surface area contributed by atoms with Crippen LogP contribution < -0.4 is 0 Å². The Morgan fingerprint density at radius 2 is 1.80 bits per heavy atom. The zero-order chi connectivity index (χ0) is 20.5. The zero-order valence-electron chi connectivity index (χ0n) is 16.9. The Kier molecular flexibility index (Phi) is 5.31. The highest BCUT2D eigenvalue weighted by atomic mass is 16.7. The average Bonchev–Trinajstić information content (AvgIpc) is 3.52. The highest BCUT2D eigenvalue weighted by Gasteiger charge is 2.40. The van der Waals surface area contributed by atoms with Gasteiger partial charge in [-0.25, -0.2) is 0 Å². The standard InChI is InChI=1S/C23H26N2O5/c26-21(24-9-3-7-18(14-24)23-29-11-12-30-23)19-13-16-5-1-2-6-17(16)15-25(19)22(27)20-8-4-10-28-20/h1-2,4-6,8,10,18-19,23H,3,7,9,11-15H2. The molecule has 0 radical (unpaired) electrons. The lowest BCUT2D eigenvalue weighted by atomic mass is 9.91. The van der Waals surface area contributed by atoms with Gasteiger partial charge >= 0.3 is 0 Å². The summed E-state index contributed by atoms with van der Waals surface area (Å²) in [5.74, 6) is 0.183. The number of rotatable bonds is 3. The number of furan rings is 1. The molecule has 1 aromatic heterocycles. The summed E-state index contributed by atoms with van der Waals surface area (Å²) >= 11 is 0. The normalized spacial score (nSPS) is 24.7. The van der Waals surface area contributed by atoms with Gasteiger partial charge in [0.15, 0.2) is 12.1 Å². The number of hydrogen-bond donors (Lipinski definition) is 0. The number of carbonyl (C=O) groups excluding carboxylic acids is 2. The number of carbonyl (C=O) groups is 2. The van der Waals surface area contributed by atoms with Crippen LogP contribution >= 0.6 is 0 Å². The molecule has 158 valence electrons. The van der Waals surface area contributed by atoms with Crippen LogP contribution in [-0.4, -0.2) is 60.2 Å². The van der Waals surface area contributed by atoms with Crippen LogP contribution in [0.25, 0.3) is 0 Å². The van der Waals surface area contributed by atoms with Gasteiger partial charge in [0.2, 0.25) is 5.91 Å². The SMILES string of the molecule is O=C(C1Cc2ccccc2CN1C(=O)c1ccco1)N1CCCC(C2OCCO2)C1. The van der Waals surface area contributed by atoms with Crippen molar-refractivity contribution in [2.24, 2.45) is 5.92 Å². The molecule has 0 spiro atoms. The van der Waals surface area contributed by atoms with Gasteiger partial charge in [-0.3, -0.25) is 9.59 Å². The van der Waals surface area contributed by atoms with Crippen molar-refractivity contribution in [2.75, 3.05) is 26.3 Å². The number of nitrogens with zero attached hydrogens (tertiary/aromatic N) is 2. The molecule has 0 N–H and O–H groups in total. The summed E-state index contributed by atoms with van der Waals surface area (Å²) in [7, 11) is 0. The Balaban J connectivity index is 1.39. The van der Waals surface area contributed by atoms with E-state index in [2.05, 4.69) is 0 Å². The molecule has 30 heavy (non-hydrogen) atoms. The van der Waals surface area contributed by atoms with Crippen molar-refractivity contribution in [3.05, 3.63) is 59.5 Å². The van der Waals surface area contributed by atoms with Gasteiger partial charge in [-0.15, -0.1) is 0 Å². The molecule has 0 aliphatic carbocycles. The first-order chi connectivity index (χ1) is 14.7. The maximum absolute atomic E-state index is 13.6. The number of amides is 2. The lowest BCUT2D eigenvalue weighted by Gasteiger charge is -2.41. The third kappa shape index (κ3) is 3.63. The van der Waals surface area contributed by atoms with Gasteiger partial charge in [0.05, 0.1) is 19.5 Å². The molecule has 1 aromatic carbocycles. The van der Waals surface area contributed by atoms with Crippen molar-refractivity contribution in [1.29, 1.82) is 0 Å². The first kappa shape index (κ1) is 19.3. The summed E-state index contributed by atoms with van der Waals surface area (Å²) in [6, 6.07) is 10.8. The van der Waals surface area contributed by atoms with Crippen LogP contribution in [-0.2, 0) is 27.2 Å². The molecular weight excluding hydrogens is 384 g/mol. The number of benzene rings is 1. The lowest BCUT2D eigenvalue weighted by molar-refractivity contribution is -0.144. The van der Waals surface area contributed by atoms with E-state index in [1.54, 1.807) is 17.0 Å². The first-order valence-electron chi connectivity index (χ1n) is 10.6. The summed E-state index contributed by atoms with van der Waals surface area (Å²) in [5.41, 5.74) is 2.20. The Labute approximate surface area is 175 Å². The van der Waals surface area contributed by atoms with Gasteiger partial charge < -0.3 is 23.7 Å². The Morgan fingerprint density at radius 3 is 2.57 bits per heavy atom. The van der Waals surface area contributed by atoms with E-state index in [-0.39, 0.29) is 29.8 Å². The van der Waals surface area contributed by atoms with Crippen molar-refractivity contribution >= 4 is 11.8 Å². The smallest absolute Gasteiger partial charge is 0.290 e. The summed E-state index contributed by atoms with van der Waals surface area (Å²) < 4.78 is 16.7. The van der Waals surface area contributed by atoms with Crippen LogP contribution in [0, 0.1) is 5.92 Å². The van der Waals surface area contributed by atoms with Crippen LogP contribution in [0.3, 0.4) is 0 Å². The second-order valence-corrected chi connectivity index (χ2v) is 8.20. The van der Waals surface area contributed by atoms with Gasteiger partial charge in [0.1, 0.15) is 6.04 Å². The topological polar surface area (TPSA) is 72.2 Å². The zero-order valence-corrected chi connectivity index (χ0v) is 16.9. The summed E-state index contributed by atoms with van der Waals surface area (Å²) in [5, 5.41) is 0. The third-order valence-electron chi connectivity index (χ3n) is 6.33. The number of fused-ring (bicyclic) bond motifs is 1.